The van der Waals surface area contributed by atoms with Crippen LogP contribution in [0.3, 0.4) is 0 Å². The van der Waals surface area contributed by atoms with Crippen molar-refractivity contribution in [3.05, 3.63) is 53.9 Å². The molecule has 1 aromatic heterocycles. The molecule has 7 rings (SSSR count). The molecule has 0 atom stereocenters. The summed E-state index contributed by atoms with van der Waals surface area (Å²) in [6, 6.07) is 7.89. The van der Waals surface area contributed by atoms with Crippen LogP contribution in [-0.2, 0) is 22.4 Å². The van der Waals surface area contributed by atoms with E-state index < -0.39 is 5.82 Å². The number of nitrogens with zero attached hydrogens (tertiary/aromatic N) is 5. The molecule has 1 N–H and O–H groups in total. The zero-order valence-corrected chi connectivity index (χ0v) is 24.9. The Bertz CT molecular complexity index is 1260. The van der Waals surface area contributed by atoms with Crippen molar-refractivity contribution in [2.24, 2.45) is 0 Å². The maximum absolute atomic E-state index is 13.4. The Morgan fingerprint density at radius 2 is 1.79 bits per heavy atom. The Labute approximate surface area is 244 Å². The maximum Gasteiger partial charge on any atom is 1.00 e. The number of rotatable bonds is 7. The molecule has 4 aliphatic heterocycles. The van der Waals surface area contributed by atoms with Gasteiger partial charge >= 0.3 is 22.4 Å². The van der Waals surface area contributed by atoms with Crippen LogP contribution < -0.4 is 14.8 Å². The van der Waals surface area contributed by atoms with Gasteiger partial charge in [0.2, 0.25) is 0 Å². The number of ether oxygens (including phenoxy) is 2. The average Bonchev–Trinajstić information content (AvgIpc) is 2.88. The Hall–Kier alpha value is -1.99. The van der Waals surface area contributed by atoms with Crippen LogP contribution in [0.2, 0.25) is 5.02 Å². The summed E-state index contributed by atoms with van der Waals surface area (Å²) in [5, 5.41) is 3.86. The van der Waals surface area contributed by atoms with Crippen LogP contribution in [0.15, 0.2) is 36.7 Å². The first-order chi connectivity index (χ1) is 18.0. The number of unbranched alkanes of at least 4 members (excludes halogenated alkanes) is 1. The van der Waals surface area contributed by atoms with E-state index in [1.54, 1.807) is 25.3 Å². The summed E-state index contributed by atoms with van der Waals surface area (Å²) in [5.74, 6) is 3.47. The number of halogens is 2. The van der Waals surface area contributed by atoms with Gasteiger partial charge in [-0.1, -0.05) is 11.6 Å². The van der Waals surface area contributed by atoms with Crippen molar-refractivity contribution < 1.29 is 36.2 Å². The molecule has 204 valence electrons. The van der Waals surface area contributed by atoms with Gasteiger partial charge in [-0.05, 0) is 37.1 Å². The quantitative estimate of drug-likeness (QED) is 0.122. The molecule has 2 aromatic carbocycles. The molecule has 5 heterocycles. The minimum atomic E-state index is -0.489. The van der Waals surface area contributed by atoms with E-state index in [0.29, 0.717) is 53.4 Å². The van der Waals surface area contributed by atoms with Gasteiger partial charge in [-0.25, -0.2) is 29.1 Å². The number of methoxy groups -OCH3 is 1. The van der Waals surface area contributed by atoms with Crippen LogP contribution in [0.5, 0.6) is 11.5 Å². The largest absolute Gasteiger partial charge is 1.00 e. The number of anilines is 2. The Morgan fingerprint density at radius 1 is 1.08 bits per heavy atom. The summed E-state index contributed by atoms with van der Waals surface area (Å²) in [6.45, 7) is 4.19. The fraction of sp³-hybridized carbons (Fsp3) is 0.385. The number of aromatic nitrogens is 2. The third-order valence-electron chi connectivity index (χ3n) is 6.35. The summed E-state index contributed by atoms with van der Waals surface area (Å²) in [5.41, 5.74) is 1.26. The molecular formula is C26H29AuClFN6O2P+. The Kier molecular flexibility index (Phi) is 10.2. The van der Waals surface area contributed by atoms with Crippen molar-refractivity contribution in [2.75, 3.05) is 57.9 Å². The molecule has 4 aliphatic rings. The molecule has 4 bridgehead atoms. The molecule has 38 heavy (non-hydrogen) atoms. The van der Waals surface area contributed by atoms with Gasteiger partial charge in [0.1, 0.15) is 36.8 Å². The van der Waals surface area contributed by atoms with E-state index in [-0.39, 0.29) is 35.3 Å². The van der Waals surface area contributed by atoms with Gasteiger partial charge in [-0.15, -0.1) is 0 Å². The van der Waals surface area contributed by atoms with Crippen LogP contribution in [0.4, 0.5) is 15.9 Å². The van der Waals surface area contributed by atoms with E-state index >= 15 is 0 Å². The van der Waals surface area contributed by atoms with E-state index in [2.05, 4.69) is 35.9 Å². The number of hydrogen-bond acceptors (Lipinski definition) is 8. The van der Waals surface area contributed by atoms with E-state index in [1.807, 2.05) is 0 Å². The van der Waals surface area contributed by atoms with Gasteiger partial charge in [0.15, 0.2) is 11.5 Å². The number of fused-ring (bicyclic) bond motifs is 1. The molecule has 8 nitrogen and oxygen atoms in total. The predicted octanol–water partition coefficient (Wildman–Crippen LogP) is 4.81. The topological polar surface area (TPSA) is 66.0 Å². The van der Waals surface area contributed by atoms with Crippen molar-refractivity contribution in [3.63, 3.8) is 0 Å². The van der Waals surface area contributed by atoms with E-state index in [4.69, 9.17) is 27.5 Å². The van der Waals surface area contributed by atoms with E-state index in [9.17, 15) is 4.39 Å². The first-order valence-electron chi connectivity index (χ1n) is 12.1. The molecule has 4 saturated heterocycles. The molecule has 0 radical (unpaired) electrons. The van der Waals surface area contributed by atoms with Crippen LogP contribution >= 0.6 is 19.5 Å². The Balaban J connectivity index is 0.000000251. The van der Waals surface area contributed by atoms with Gasteiger partial charge in [-0.3, -0.25) is 0 Å². The summed E-state index contributed by atoms with van der Waals surface area (Å²) in [4.78, 5) is 16.3. The Morgan fingerprint density at radius 3 is 2.39 bits per heavy atom. The van der Waals surface area contributed by atoms with Crippen molar-refractivity contribution >= 4 is 41.9 Å². The molecule has 0 amide bonds. The first kappa shape index (κ1) is 29.0. The maximum atomic E-state index is 13.4. The SMILES string of the molecule is C1N2CN3CN1C[PH+](C2)C3.[Au+].[C-]#CCCCOc1cc2c(Nc3ccc(F)c(Cl)c3)ncnc2cc1OC. The molecule has 12 heteroatoms. The molecule has 0 spiro atoms. The van der Waals surface area contributed by atoms with Crippen molar-refractivity contribution in [2.45, 2.75) is 12.8 Å². The second-order valence-corrected chi connectivity index (χ2v) is 12.1. The standard InChI is InChI=1S/C20H16ClFN3O2.C6H12N3P.Au/c1-3-4-5-8-27-19-10-14-17(11-18(19)26-2)23-12-24-20(14)25-13-6-7-16(22)15(21)9-13;1-7-2-9-3-8(1)5-10(4-7)6-9;/h6-7,9-12H,4-5,8H2,2H3,(H,23,24,25);1-6H2;/q-1;;+1/p+1. The average molecular weight is 740 g/mol. The monoisotopic (exact) mass is 739 g/mol. The second-order valence-electron chi connectivity index (χ2n) is 9.29. The van der Waals surface area contributed by atoms with Gasteiger partial charge in [-0.2, -0.15) is 0 Å². The van der Waals surface area contributed by atoms with Crippen LogP contribution in [0, 0.1) is 18.2 Å². The van der Waals surface area contributed by atoms with Gasteiger partial charge in [0, 0.05) is 25.1 Å². The first-order valence-corrected chi connectivity index (χ1v) is 14.6. The second kappa shape index (κ2) is 13.4. The zero-order valence-electron chi connectivity index (χ0n) is 20.9. The fourth-order valence-electron chi connectivity index (χ4n) is 4.87. The fourth-order valence-corrected chi connectivity index (χ4v) is 7.85. The van der Waals surface area contributed by atoms with Crippen LogP contribution in [0.25, 0.3) is 10.9 Å². The minimum Gasteiger partial charge on any atom is -0.694 e. The summed E-state index contributed by atoms with van der Waals surface area (Å²) >= 11 is 5.84. The summed E-state index contributed by atoms with van der Waals surface area (Å²) in [6.07, 6.45) is 13.9. The van der Waals surface area contributed by atoms with E-state index in [1.165, 1.54) is 57.3 Å². The molecular weight excluding hydrogens is 711 g/mol. The van der Waals surface area contributed by atoms with Crippen LogP contribution in [-0.4, -0.2) is 77.2 Å². The molecule has 0 unspecified atom stereocenters. The van der Waals surface area contributed by atoms with Crippen molar-refractivity contribution in [1.82, 2.24) is 24.7 Å². The van der Waals surface area contributed by atoms with Gasteiger partial charge in [0.05, 0.1) is 44.3 Å². The third-order valence-corrected chi connectivity index (χ3v) is 9.32. The number of benzene rings is 2. The molecule has 0 aliphatic carbocycles. The summed E-state index contributed by atoms with van der Waals surface area (Å²) in [7, 11) is 1.59. The van der Waals surface area contributed by atoms with Gasteiger partial charge in [0.25, 0.3) is 0 Å². The molecule has 3 aromatic rings. The molecule has 0 saturated carbocycles. The van der Waals surface area contributed by atoms with Crippen molar-refractivity contribution in [1.29, 1.82) is 0 Å². The predicted molar refractivity (Wildman–Crippen MR) is 146 cm³/mol. The number of hydrogen-bond donors (Lipinski definition) is 1. The third kappa shape index (κ3) is 6.95. The van der Waals surface area contributed by atoms with Gasteiger partial charge < -0.3 is 27.1 Å². The zero-order chi connectivity index (χ0) is 25.8. The van der Waals surface area contributed by atoms with E-state index in [0.717, 1.165) is 0 Å². The van der Waals surface area contributed by atoms with Crippen molar-refractivity contribution in [3.8, 4) is 17.4 Å². The smallest absolute Gasteiger partial charge is 0.694 e. The number of nitrogens with one attached hydrogen (secondary N) is 1. The minimum absolute atomic E-state index is 0. The van der Waals surface area contributed by atoms with Crippen LogP contribution in [0.1, 0.15) is 12.8 Å². The normalized spacial score (nSPS) is 22.6. The summed E-state index contributed by atoms with van der Waals surface area (Å²) < 4.78 is 24.5. The molecule has 4 fully saturated rings.